The van der Waals surface area contributed by atoms with Gasteiger partial charge in [0.2, 0.25) is 0 Å². The lowest BCUT2D eigenvalue weighted by Gasteiger charge is -2.28. The van der Waals surface area contributed by atoms with Crippen molar-refractivity contribution in [2.45, 2.75) is 52.4 Å². The van der Waals surface area contributed by atoms with Gasteiger partial charge in [0.25, 0.3) is 0 Å². The molecule has 2 unspecified atom stereocenters. The summed E-state index contributed by atoms with van der Waals surface area (Å²) in [6.45, 7) is 9.44. The van der Waals surface area contributed by atoms with Crippen LogP contribution in [0.5, 0.6) is 0 Å². The van der Waals surface area contributed by atoms with Crippen LogP contribution in [0.25, 0.3) is 0 Å². The summed E-state index contributed by atoms with van der Waals surface area (Å²) in [6, 6.07) is -0.334. The van der Waals surface area contributed by atoms with Crippen molar-refractivity contribution >= 4 is 5.97 Å². The zero-order chi connectivity index (χ0) is 12.2. The van der Waals surface area contributed by atoms with E-state index in [1.54, 1.807) is 25.8 Å². The predicted octanol–water partition coefficient (Wildman–Crippen LogP) is 1.03. The number of hydrogen-bond acceptors (Lipinski definition) is 4. The van der Waals surface area contributed by atoms with Gasteiger partial charge in [0.15, 0.2) is 0 Å². The summed E-state index contributed by atoms with van der Waals surface area (Å²) >= 11 is 0. The lowest BCUT2D eigenvalue weighted by atomic mass is 10.2. The Morgan fingerprint density at radius 2 is 1.87 bits per heavy atom. The van der Waals surface area contributed by atoms with Gasteiger partial charge >= 0.3 is 5.97 Å². The molecule has 0 aliphatic rings. The fourth-order valence-electron chi connectivity index (χ4n) is 1.14. The quantitative estimate of drug-likeness (QED) is 0.715. The third-order valence-electron chi connectivity index (χ3n) is 1.96. The molecule has 0 rings (SSSR count). The number of aliphatic hydroxyl groups excluding tert-OH is 1. The van der Waals surface area contributed by atoms with Crippen LogP contribution in [0.1, 0.15) is 34.6 Å². The van der Waals surface area contributed by atoms with E-state index >= 15 is 0 Å². The Balaban J connectivity index is 4.20. The predicted molar refractivity (Wildman–Crippen MR) is 59.6 cm³/mol. The van der Waals surface area contributed by atoms with Gasteiger partial charge in [-0.05, 0) is 41.7 Å². The summed E-state index contributed by atoms with van der Waals surface area (Å²) in [5.41, 5.74) is -0.461. The maximum absolute atomic E-state index is 11.6. The summed E-state index contributed by atoms with van der Waals surface area (Å²) in [6.07, 6.45) is -0.445. The molecule has 0 spiro atoms. The summed E-state index contributed by atoms with van der Waals surface area (Å²) in [7, 11) is 1.79. The van der Waals surface area contributed by atoms with Crippen molar-refractivity contribution in [3.8, 4) is 0 Å². The lowest BCUT2D eigenvalue weighted by Crippen LogP contribution is -2.43. The molecule has 1 N–H and O–H groups in total. The van der Waals surface area contributed by atoms with Crippen molar-refractivity contribution < 1.29 is 14.6 Å². The van der Waals surface area contributed by atoms with Crippen LogP contribution in [0, 0.1) is 0 Å². The van der Waals surface area contributed by atoms with Gasteiger partial charge < -0.3 is 9.84 Å². The first kappa shape index (κ1) is 14.4. The minimum absolute atomic E-state index is 0.259. The molecule has 90 valence electrons. The summed E-state index contributed by atoms with van der Waals surface area (Å²) < 4.78 is 5.24. The van der Waals surface area contributed by atoms with E-state index in [1.165, 1.54) is 0 Å². The second kappa shape index (κ2) is 5.47. The Labute approximate surface area is 92.2 Å². The second-order valence-electron chi connectivity index (χ2n) is 5.00. The van der Waals surface area contributed by atoms with Crippen LogP contribution in [-0.4, -0.2) is 47.3 Å². The van der Waals surface area contributed by atoms with Gasteiger partial charge in [0, 0.05) is 6.54 Å². The summed E-state index contributed by atoms with van der Waals surface area (Å²) in [5.74, 6) is -0.259. The Morgan fingerprint density at radius 3 is 2.20 bits per heavy atom. The van der Waals surface area contributed by atoms with Crippen LogP contribution in [-0.2, 0) is 9.53 Å². The number of hydrogen-bond donors (Lipinski definition) is 1. The van der Waals surface area contributed by atoms with E-state index in [0.29, 0.717) is 6.54 Å². The van der Waals surface area contributed by atoms with Crippen LogP contribution in [0.2, 0.25) is 0 Å². The first-order valence-corrected chi connectivity index (χ1v) is 5.24. The van der Waals surface area contributed by atoms with E-state index in [-0.39, 0.29) is 12.0 Å². The normalized spacial score (nSPS) is 16.3. The van der Waals surface area contributed by atoms with E-state index in [0.717, 1.165) is 0 Å². The van der Waals surface area contributed by atoms with Gasteiger partial charge in [-0.1, -0.05) is 0 Å². The molecule has 0 aromatic rings. The molecule has 0 aromatic heterocycles. The topological polar surface area (TPSA) is 49.8 Å². The smallest absolute Gasteiger partial charge is 0.323 e. The number of nitrogens with zero attached hydrogens (tertiary/aromatic N) is 1. The maximum Gasteiger partial charge on any atom is 0.323 e. The highest BCUT2D eigenvalue weighted by atomic mass is 16.6. The Hall–Kier alpha value is -0.610. The average molecular weight is 217 g/mol. The molecule has 0 aliphatic carbocycles. The van der Waals surface area contributed by atoms with Crippen molar-refractivity contribution in [1.82, 2.24) is 4.90 Å². The minimum Gasteiger partial charge on any atom is -0.459 e. The molecule has 4 nitrogen and oxygen atoms in total. The molecular weight excluding hydrogens is 194 g/mol. The van der Waals surface area contributed by atoms with E-state index in [9.17, 15) is 9.90 Å². The van der Waals surface area contributed by atoms with Crippen LogP contribution in [0.15, 0.2) is 0 Å². The number of carbonyl (C=O) groups is 1. The molecule has 0 bridgehead atoms. The molecule has 0 saturated heterocycles. The standard InChI is InChI=1S/C11H23NO3/c1-8(13)7-12(6)9(2)10(14)15-11(3,4)5/h8-9,13H,7H2,1-6H3. The molecule has 0 heterocycles. The molecule has 0 amide bonds. The number of ether oxygens (including phenoxy) is 1. The number of esters is 1. The van der Waals surface area contributed by atoms with Gasteiger partial charge in [-0.25, -0.2) is 0 Å². The first-order valence-electron chi connectivity index (χ1n) is 5.24. The van der Waals surface area contributed by atoms with Crippen molar-refractivity contribution in [1.29, 1.82) is 0 Å². The van der Waals surface area contributed by atoms with Crippen LogP contribution < -0.4 is 0 Å². The molecule has 0 saturated carbocycles. The van der Waals surface area contributed by atoms with E-state index in [1.807, 2.05) is 20.8 Å². The second-order valence-corrected chi connectivity index (χ2v) is 5.00. The zero-order valence-electron chi connectivity index (χ0n) is 10.6. The lowest BCUT2D eigenvalue weighted by molar-refractivity contribution is -0.160. The molecule has 4 heteroatoms. The molecule has 0 aliphatic heterocycles. The minimum atomic E-state index is -0.461. The SMILES string of the molecule is CC(O)CN(C)C(C)C(=O)OC(C)(C)C. The Kier molecular flexibility index (Phi) is 5.24. The van der Waals surface area contributed by atoms with Crippen molar-refractivity contribution in [2.75, 3.05) is 13.6 Å². The van der Waals surface area contributed by atoms with E-state index in [2.05, 4.69) is 0 Å². The molecule has 0 radical (unpaired) electrons. The molecule has 0 aromatic carbocycles. The third-order valence-corrected chi connectivity index (χ3v) is 1.96. The number of carbonyl (C=O) groups excluding carboxylic acids is 1. The largest absolute Gasteiger partial charge is 0.459 e. The van der Waals surface area contributed by atoms with Crippen LogP contribution in [0.3, 0.4) is 0 Å². The van der Waals surface area contributed by atoms with Gasteiger partial charge in [-0.3, -0.25) is 9.69 Å². The average Bonchev–Trinajstić information content (AvgIpc) is 1.98. The first-order chi connectivity index (χ1) is 6.63. The van der Waals surface area contributed by atoms with Gasteiger partial charge in [0.05, 0.1) is 6.10 Å². The summed E-state index contributed by atoms with van der Waals surface area (Å²) in [5, 5.41) is 9.19. The highest BCUT2D eigenvalue weighted by molar-refractivity contribution is 5.75. The monoisotopic (exact) mass is 217 g/mol. The molecule has 2 atom stereocenters. The number of rotatable bonds is 4. The van der Waals surface area contributed by atoms with Gasteiger partial charge in [-0.2, -0.15) is 0 Å². The molecule has 15 heavy (non-hydrogen) atoms. The number of likely N-dealkylation sites (N-methyl/N-ethyl adjacent to an activating group) is 1. The Morgan fingerprint density at radius 1 is 1.40 bits per heavy atom. The maximum atomic E-state index is 11.6. The molecule has 0 fully saturated rings. The third kappa shape index (κ3) is 6.47. The van der Waals surface area contributed by atoms with Crippen LogP contribution in [0.4, 0.5) is 0 Å². The number of aliphatic hydroxyl groups is 1. The van der Waals surface area contributed by atoms with Gasteiger partial charge in [-0.15, -0.1) is 0 Å². The summed E-state index contributed by atoms with van der Waals surface area (Å²) in [4.78, 5) is 13.4. The molecular formula is C11H23NO3. The van der Waals surface area contributed by atoms with Crippen molar-refractivity contribution in [2.24, 2.45) is 0 Å². The van der Waals surface area contributed by atoms with Gasteiger partial charge in [0.1, 0.15) is 11.6 Å². The zero-order valence-corrected chi connectivity index (χ0v) is 10.6. The van der Waals surface area contributed by atoms with E-state index in [4.69, 9.17) is 4.74 Å². The Bertz CT molecular complexity index is 208. The van der Waals surface area contributed by atoms with E-state index < -0.39 is 11.7 Å². The highest BCUT2D eigenvalue weighted by Crippen LogP contribution is 2.10. The van der Waals surface area contributed by atoms with Crippen molar-refractivity contribution in [3.63, 3.8) is 0 Å². The highest BCUT2D eigenvalue weighted by Gasteiger charge is 2.24. The fraction of sp³-hybridized carbons (Fsp3) is 0.909. The van der Waals surface area contributed by atoms with Crippen LogP contribution >= 0.6 is 0 Å². The fourth-order valence-corrected chi connectivity index (χ4v) is 1.14. The van der Waals surface area contributed by atoms with Crippen molar-refractivity contribution in [3.05, 3.63) is 0 Å².